The molecule has 3 N–H and O–H groups in total. The maximum Gasteiger partial charge on any atom is 0.341 e. The third-order valence-electron chi connectivity index (χ3n) is 6.32. The number of methoxy groups -OCH3 is 1. The Hall–Kier alpha value is -2.16. The first-order valence-corrected chi connectivity index (χ1v) is 10.4. The number of aliphatic carboxylic acids is 1. The van der Waals surface area contributed by atoms with Crippen molar-refractivity contribution in [2.75, 3.05) is 27.4 Å². The molecule has 1 aromatic rings. The average molecular weight is 421 g/mol. The number of hydrogen-bond donors (Lipinski definition) is 3. The van der Waals surface area contributed by atoms with E-state index < -0.39 is 12.2 Å². The van der Waals surface area contributed by atoms with Crippen LogP contribution in [0.3, 0.4) is 0 Å². The van der Waals surface area contributed by atoms with Crippen LogP contribution in [-0.4, -0.2) is 61.9 Å². The summed E-state index contributed by atoms with van der Waals surface area (Å²) in [6.45, 7) is -0.447. The highest BCUT2D eigenvalue weighted by Gasteiger charge is 2.47. The molecule has 0 bridgehead atoms. The number of fused-ring (bicyclic) bond motifs is 2. The van der Waals surface area contributed by atoms with Crippen LogP contribution in [0.4, 0.5) is 0 Å². The normalized spacial score (nSPS) is 25.8. The minimum absolute atomic E-state index is 0.0783. The lowest BCUT2D eigenvalue weighted by atomic mass is 9.73. The predicted molar refractivity (Wildman–Crippen MR) is 108 cm³/mol. The van der Waals surface area contributed by atoms with Gasteiger partial charge in [0.15, 0.2) is 6.61 Å². The van der Waals surface area contributed by atoms with E-state index in [0.29, 0.717) is 24.0 Å². The first-order chi connectivity index (χ1) is 14.4. The summed E-state index contributed by atoms with van der Waals surface area (Å²) in [5.41, 5.74) is 2.21. The molecule has 0 radical (unpaired) electrons. The summed E-state index contributed by atoms with van der Waals surface area (Å²) in [6, 6.07) is 5.76. The van der Waals surface area contributed by atoms with Crippen molar-refractivity contribution in [2.24, 2.45) is 17.8 Å². The number of carbonyl (C=O) groups excluding carboxylic acids is 1. The van der Waals surface area contributed by atoms with Gasteiger partial charge in [0.2, 0.25) is 0 Å². The molecule has 5 atom stereocenters. The molecular weight excluding hydrogens is 390 g/mol. The number of ether oxygens (including phenoxy) is 3. The SMILES string of the molecule is CNC(O)CCC1C2Cc3cccc(OCC(=O)O)c3CC2C[C@H]1OC(=O)COC. The molecular formula is C22H31NO7. The molecule has 0 aliphatic heterocycles. The lowest BCUT2D eigenvalue weighted by molar-refractivity contribution is -0.155. The van der Waals surface area contributed by atoms with Gasteiger partial charge >= 0.3 is 11.9 Å². The van der Waals surface area contributed by atoms with Crippen molar-refractivity contribution in [3.63, 3.8) is 0 Å². The summed E-state index contributed by atoms with van der Waals surface area (Å²) in [4.78, 5) is 23.0. The van der Waals surface area contributed by atoms with E-state index in [4.69, 9.17) is 19.3 Å². The lowest BCUT2D eigenvalue weighted by Gasteiger charge is -2.32. The molecule has 8 nitrogen and oxygen atoms in total. The lowest BCUT2D eigenvalue weighted by Crippen LogP contribution is -2.32. The second-order valence-corrected chi connectivity index (χ2v) is 8.15. The Kier molecular flexibility index (Phi) is 7.69. The maximum atomic E-state index is 12.1. The molecule has 3 rings (SSSR count). The van der Waals surface area contributed by atoms with Crippen LogP contribution in [0.2, 0.25) is 0 Å². The van der Waals surface area contributed by atoms with Crippen LogP contribution < -0.4 is 10.1 Å². The van der Waals surface area contributed by atoms with Gasteiger partial charge in [-0.25, -0.2) is 9.59 Å². The second-order valence-electron chi connectivity index (χ2n) is 8.15. The zero-order valence-electron chi connectivity index (χ0n) is 17.5. The summed E-state index contributed by atoms with van der Waals surface area (Å²) in [7, 11) is 3.18. The third kappa shape index (κ3) is 5.30. The molecule has 4 unspecified atom stereocenters. The number of carboxylic acid groups (broad SMARTS) is 1. The number of carboxylic acids is 1. The van der Waals surface area contributed by atoms with Crippen molar-refractivity contribution in [3.05, 3.63) is 29.3 Å². The number of rotatable bonds is 10. The van der Waals surface area contributed by atoms with Crippen LogP contribution in [0, 0.1) is 17.8 Å². The van der Waals surface area contributed by atoms with Crippen LogP contribution in [0.1, 0.15) is 30.4 Å². The number of hydrogen-bond acceptors (Lipinski definition) is 7. The second kappa shape index (κ2) is 10.2. The number of esters is 1. The number of benzene rings is 1. The Balaban J connectivity index is 1.78. The maximum absolute atomic E-state index is 12.1. The molecule has 2 aliphatic rings. The van der Waals surface area contributed by atoms with Crippen molar-refractivity contribution < 1.29 is 34.0 Å². The molecule has 0 amide bonds. The first-order valence-electron chi connectivity index (χ1n) is 10.4. The van der Waals surface area contributed by atoms with Crippen LogP contribution in [0.25, 0.3) is 0 Å². The van der Waals surface area contributed by atoms with Gasteiger partial charge in [0.25, 0.3) is 0 Å². The van der Waals surface area contributed by atoms with Crippen molar-refractivity contribution in [2.45, 2.75) is 44.4 Å². The zero-order valence-corrected chi connectivity index (χ0v) is 17.5. The van der Waals surface area contributed by atoms with E-state index in [9.17, 15) is 14.7 Å². The summed E-state index contributed by atoms with van der Waals surface area (Å²) < 4.78 is 16.2. The zero-order chi connectivity index (χ0) is 21.7. The quantitative estimate of drug-likeness (QED) is 0.383. The fourth-order valence-corrected chi connectivity index (χ4v) is 5.00. The van der Waals surface area contributed by atoms with Crippen molar-refractivity contribution in [1.82, 2.24) is 5.32 Å². The van der Waals surface area contributed by atoms with E-state index in [2.05, 4.69) is 11.4 Å². The minimum atomic E-state index is -1.00. The van der Waals surface area contributed by atoms with E-state index in [1.165, 1.54) is 7.11 Å². The van der Waals surface area contributed by atoms with Gasteiger partial charge in [-0.2, -0.15) is 0 Å². The van der Waals surface area contributed by atoms with Gasteiger partial charge in [-0.15, -0.1) is 0 Å². The molecule has 30 heavy (non-hydrogen) atoms. The molecule has 0 saturated heterocycles. The van der Waals surface area contributed by atoms with Gasteiger partial charge in [-0.05, 0) is 74.1 Å². The van der Waals surface area contributed by atoms with Crippen LogP contribution in [0.15, 0.2) is 18.2 Å². The molecule has 2 aliphatic carbocycles. The van der Waals surface area contributed by atoms with Gasteiger partial charge in [0.1, 0.15) is 24.7 Å². The van der Waals surface area contributed by atoms with Crippen LogP contribution in [0.5, 0.6) is 5.75 Å². The van der Waals surface area contributed by atoms with E-state index in [1.807, 2.05) is 12.1 Å². The topological polar surface area (TPSA) is 114 Å². The summed E-state index contributed by atoms with van der Waals surface area (Å²) >= 11 is 0. The highest BCUT2D eigenvalue weighted by molar-refractivity contribution is 5.71. The Morgan fingerprint density at radius 2 is 2.07 bits per heavy atom. The standard InChI is InChI=1S/C22H31NO7/c1-23-20(24)7-6-15-16-8-13-4-3-5-18(29-11-21(25)26)17(13)9-14(16)10-19(15)30-22(27)12-28-2/h3-5,14-16,19-20,23-24H,6-12H2,1-2H3,(H,25,26)/t14?,15?,16?,19-,20?/m1/s1. The van der Waals surface area contributed by atoms with E-state index in [0.717, 1.165) is 36.8 Å². The Bertz CT molecular complexity index is 753. The van der Waals surface area contributed by atoms with Crippen LogP contribution in [-0.2, 0) is 31.9 Å². The molecule has 0 heterocycles. The predicted octanol–water partition coefficient (Wildman–Crippen LogP) is 1.38. The number of aliphatic hydroxyl groups is 1. The van der Waals surface area contributed by atoms with Crippen LogP contribution >= 0.6 is 0 Å². The molecule has 0 spiro atoms. The van der Waals surface area contributed by atoms with E-state index >= 15 is 0 Å². The Morgan fingerprint density at radius 3 is 2.77 bits per heavy atom. The summed E-state index contributed by atoms with van der Waals surface area (Å²) in [5, 5.41) is 21.7. The van der Waals surface area contributed by atoms with Crippen molar-refractivity contribution in [3.8, 4) is 5.75 Å². The number of aliphatic hydroxyl groups excluding tert-OH is 1. The number of nitrogens with one attached hydrogen (secondary N) is 1. The summed E-state index contributed by atoms with van der Waals surface area (Å²) in [6.07, 6.45) is 2.85. The molecule has 1 saturated carbocycles. The monoisotopic (exact) mass is 421 g/mol. The first kappa shape index (κ1) is 22.5. The fraction of sp³-hybridized carbons (Fsp3) is 0.636. The van der Waals surface area contributed by atoms with E-state index in [1.54, 1.807) is 7.05 Å². The minimum Gasteiger partial charge on any atom is -0.482 e. The van der Waals surface area contributed by atoms with Crippen molar-refractivity contribution in [1.29, 1.82) is 0 Å². The van der Waals surface area contributed by atoms with Gasteiger partial charge in [0, 0.05) is 7.11 Å². The number of carbonyl (C=O) groups is 2. The molecule has 166 valence electrons. The molecule has 0 aromatic heterocycles. The van der Waals surface area contributed by atoms with Gasteiger partial charge in [0.05, 0.1) is 0 Å². The highest BCUT2D eigenvalue weighted by atomic mass is 16.6. The largest absolute Gasteiger partial charge is 0.482 e. The third-order valence-corrected chi connectivity index (χ3v) is 6.32. The van der Waals surface area contributed by atoms with Gasteiger partial charge in [-0.3, -0.25) is 5.32 Å². The van der Waals surface area contributed by atoms with Gasteiger partial charge in [-0.1, -0.05) is 12.1 Å². The molecule has 1 fully saturated rings. The highest BCUT2D eigenvalue weighted by Crippen LogP contribution is 2.49. The van der Waals surface area contributed by atoms with E-state index in [-0.39, 0.29) is 31.2 Å². The average Bonchev–Trinajstić information content (AvgIpc) is 3.04. The van der Waals surface area contributed by atoms with Gasteiger partial charge < -0.3 is 24.4 Å². The smallest absolute Gasteiger partial charge is 0.341 e. The van der Waals surface area contributed by atoms with Crippen molar-refractivity contribution >= 4 is 11.9 Å². The molecule has 1 aromatic carbocycles. The summed E-state index contributed by atoms with van der Waals surface area (Å²) in [5.74, 6) is 0.0328. The Labute approximate surface area is 176 Å². The fourth-order valence-electron chi connectivity index (χ4n) is 5.00. The Morgan fingerprint density at radius 1 is 1.27 bits per heavy atom. The molecule has 8 heteroatoms.